The van der Waals surface area contributed by atoms with Gasteiger partial charge in [0.2, 0.25) is 4.73 Å². The monoisotopic (exact) mass is 217 g/mol. The molecule has 0 unspecified atom stereocenters. The Bertz CT molecular complexity index is 236. The van der Waals surface area contributed by atoms with Crippen molar-refractivity contribution in [1.82, 2.24) is 14.8 Å². The zero-order chi connectivity index (χ0) is 8.48. The third-order valence-electron chi connectivity index (χ3n) is 1.14. The molecule has 0 saturated heterocycles. The van der Waals surface area contributed by atoms with Gasteiger partial charge in [0.25, 0.3) is 0 Å². The molecule has 0 radical (unpaired) electrons. The molecule has 0 aliphatic rings. The second-order valence-corrected chi connectivity index (χ2v) is 4.48. The van der Waals surface area contributed by atoms with Gasteiger partial charge in [-0.3, -0.25) is 4.68 Å². The average Bonchev–Trinajstić information content (AvgIpc) is 2.10. The van der Waals surface area contributed by atoms with Gasteiger partial charge in [0.15, 0.2) is 0 Å². The third kappa shape index (κ3) is 3.01. The van der Waals surface area contributed by atoms with Crippen molar-refractivity contribution in [3.05, 3.63) is 11.1 Å². The van der Waals surface area contributed by atoms with Gasteiger partial charge in [-0.05, 0) is 21.3 Å². The molecule has 62 valence electrons. The first kappa shape index (κ1) is 8.71. The quantitative estimate of drug-likeness (QED) is 0.722. The average molecular weight is 218 g/mol. The Morgan fingerprint density at radius 1 is 1.55 bits per heavy atom. The predicted octanol–water partition coefficient (Wildman–Crippen LogP) is 2.09. The molecule has 11 heavy (non-hydrogen) atoms. The van der Waals surface area contributed by atoms with Crippen molar-refractivity contribution in [3.63, 3.8) is 0 Å². The summed E-state index contributed by atoms with van der Waals surface area (Å²) in [7, 11) is 0. The van der Waals surface area contributed by atoms with E-state index in [1.54, 1.807) is 6.33 Å². The van der Waals surface area contributed by atoms with E-state index in [0.717, 1.165) is 6.54 Å². The first-order valence-corrected chi connectivity index (χ1v) is 4.32. The molecule has 1 aromatic heterocycles. The van der Waals surface area contributed by atoms with Crippen molar-refractivity contribution in [3.8, 4) is 0 Å². The lowest BCUT2D eigenvalue weighted by molar-refractivity contribution is 0.324. The fourth-order valence-corrected chi connectivity index (χ4v) is 1.13. The van der Waals surface area contributed by atoms with Crippen molar-refractivity contribution in [2.24, 2.45) is 5.41 Å². The maximum atomic E-state index is 4.12. The van der Waals surface area contributed by atoms with E-state index in [1.807, 2.05) is 4.68 Å². The van der Waals surface area contributed by atoms with E-state index in [-0.39, 0.29) is 5.41 Å². The number of rotatable bonds is 1. The Hall–Kier alpha value is -0.380. The molecule has 0 bridgehead atoms. The summed E-state index contributed by atoms with van der Waals surface area (Å²) in [6, 6.07) is 0. The lowest BCUT2D eigenvalue weighted by Gasteiger charge is -2.16. The van der Waals surface area contributed by atoms with Crippen LogP contribution in [0.1, 0.15) is 20.8 Å². The van der Waals surface area contributed by atoms with Gasteiger partial charge >= 0.3 is 0 Å². The zero-order valence-corrected chi connectivity index (χ0v) is 8.59. The van der Waals surface area contributed by atoms with Crippen LogP contribution in [0.2, 0.25) is 0 Å². The number of hydrogen-bond donors (Lipinski definition) is 0. The fraction of sp³-hybridized carbons (Fsp3) is 0.714. The van der Waals surface area contributed by atoms with Gasteiger partial charge in [-0.2, -0.15) is 0 Å². The first-order valence-electron chi connectivity index (χ1n) is 3.52. The van der Waals surface area contributed by atoms with E-state index >= 15 is 0 Å². The van der Waals surface area contributed by atoms with Gasteiger partial charge in [0.05, 0.1) is 0 Å². The van der Waals surface area contributed by atoms with Crippen LogP contribution < -0.4 is 0 Å². The number of nitrogens with zero attached hydrogens (tertiary/aromatic N) is 3. The summed E-state index contributed by atoms with van der Waals surface area (Å²) in [6.07, 6.45) is 1.73. The Morgan fingerprint density at radius 2 is 2.18 bits per heavy atom. The highest BCUT2D eigenvalue weighted by Crippen LogP contribution is 2.15. The second kappa shape index (κ2) is 2.93. The lowest BCUT2D eigenvalue weighted by atomic mass is 9.97. The van der Waals surface area contributed by atoms with Crippen LogP contribution >= 0.6 is 15.9 Å². The van der Waals surface area contributed by atoms with Crippen molar-refractivity contribution in [2.45, 2.75) is 27.3 Å². The Balaban J connectivity index is 2.65. The predicted molar refractivity (Wildman–Crippen MR) is 47.2 cm³/mol. The smallest absolute Gasteiger partial charge is 0.217 e. The van der Waals surface area contributed by atoms with Gasteiger partial charge in [-0.15, -0.1) is 5.10 Å². The second-order valence-electron chi connectivity index (χ2n) is 3.77. The van der Waals surface area contributed by atoms with Crippen LogP contribution in [0.5, 0.6) is 0 Å². The topological polar surface area (TPSA) is 30.7 Å². The Labute approximate surface area is 75.0 Å². The third-order valence-corrected chi connectivity index (χ3v) is 1.51. The zero-order valence-electron chi connectivity index (χ0n) is 7.00. The molecule has 1 aromatic rings. The number of halogens is 1. The van der Waals surface area contributed by atoms with Crippen LogP contribution in [-0.4, -0.2) is 14.8 Å². The maximum absolute atomic E-state index is 4.12. The highest BCUT2D eigenvalue weighted by atomic mass is 79.9. The summed E-state index contributed by atoms with van der Waals surface area (Å²) in [5.41, 5.74) is 0.257. The normalized spacial score (nSPS) is 12.0. The van der Waals surface area contributed by atoms with Crippen molar-refractivity contribution >= 4 is 15.9 Å². The minimum atomic E-state index is 0.257. The highest BCUT2D eigenvalue weighted by Gasteiger charge is 2.11. The minimum absolute atomic E-state index is 0.257. The molecule has 4 heteroatoms. The van der Waals surface area contributed by atoms with E-state index in [0.29, 0.717) is 4.73 Å². The van der Waals surface area contributed by atoms with Crippen molar-refractivity contribution < 1.29 is 0 Å². The van der Waals surface area contributed by atoms with E-state index in [9.17, 15) is 0 Å². The maximum Gasteiger partial charge on any atom is 0.217 e. The molecule has 0 aliphatic heterocycles. The highest BCUT2D eigenvalue weighted by molar-refractivity contribution is 9.10. The van der Waals surface area contributed by atoms with E-state index in [4.69, 9.17) is 0 Å². The summed E-state index contributed by atoms with van der Waals surface area (Å²) < 4.78 is 2.49. The van der Waals surface area contributed by atoms with Crippen LogP contribution in [-0.2, 0) is 6.54 Å². The molecule has 0 saturated carbocycles. The molecule has 0 aromatic carbocycles. The summed E-state index contributed by atoms with van der Waals surface area (Å²) >= 11 is 3.20. The molecule has 3 nitrogen and oxygen atoms in total. The molecule has 0 N–H and O–H groups in total. The molecule has 1 rings (SSSR count). The molecule has 0 amide bonds. The van der Waals surface area contributed by atoms with Gasteiger partial charge in [-0.25, -0.2) is 4.98 Å². The van der Waals surface area contributed by atoms with Gasteiger partial charge in [0, 0.05) is 6.54 Å². The largest absolute Gasteiger partial charge is 0.251 e. The van der Waals surface area contributed by atoms with Crippen LogP contribution in [0.25, 0.3) is 0 Å². The first-order chi connectivity index (χ1) is 4.97. The Kier molecular flexibility index (Phi) is 2.32. The van der Waals surface area contributed by atoms with Gasteiger partial charge < -0.3 is 0 Å². The fourth-order valence-electron chi connectivity index (χ4n) is 0.834. The summed E-state index contributed by atoms with van der Waals surface area (Å²) in [4.78, 5) is 3.97. The lowest BCUT2D eigenvalue weighted by Crippen LogP contribution is -2.15. The molecular weight excluding hydrogens is 206 g/mol. The van der Waals surface area contributed by atoms with Crippen LogP contribution in [0.3, 0.4) is 0 Å². The number of hydrogen-bond acceptors (Lipinski definition) is 2. The summed E-state index contributed by atoms with van der Waals surface area (Å²) in [5.74, 6) is 0. The van der Waals surface area contributed by atoms with Gasteiger partial charge in [0.1, 0.15) is 6.33 Å². The van der Waals surface area contributed by atoms with E-state index in [2.05, 4.69) is 46.8 Å². The van der Waals surface area contributed by atoms with Crippen LogP contribution in [0.15, 0.2) is 11.1 Å². The molecule has 0 atom stereocenters. The van der Waals surface area contributed by atoms with Crippen molar-refractivity contribution in [2.75, 3.05) is 0 Å². The van der Waals surface area contributed by atoms with E-state index < -0.39 is 0 Å². The molecule has 0 fully saturated rings. The molecular formula is C7H12BrN3. The minimum Gasteiger partial charge on any atom is -0.251 e. The van der Waals surface area contributed by atoms with Gasteiger partial charge in [-0.1, -0.05) is 20.8 Å². The Morgan fingerprint density at radius 3 is 2.55 bits per heavy atom. The van der Waals surface area contributed by atoms with Crippen molar-refractivity contribution in [1.29, 1.82) is 0 Å². The standard InChI is InChI=1S/C7H12BrN3/c1-7(2,3)4-11-5-9-6(8)10-11/h5H,4H2,1-3H3. The van der Waals surface area contributed by atoms with Crippen LogP contribution in [0, 0.1) is 5.41 Å². The van der Waals surface area contributed by atoms with E-state index in [1.165, 1.54) is 0 Å². The molecule has 0 aliphatic carbocycles. The summed E-state index contributed by atoms with van der Waals surface area (Å²) in [5, 5.41) is 4.12. The SMILES string of the molecule is CC(C)(C)Cn1cnc(Br)n1. The molecule has 0 spiro atoms. The summed E-state index contributed by atoms with van der Waals surface area (Å²) in [6.45, 7) is 7.40. The molecule has 1 heterocycles. The van der Waals surface area contributed by atoms with Crippen LogP contribution in [0.4, 0.5) is 0 Å². The number of aromatic nitrogens is 3.